The fourth-order valence-corrected chi connectivity index (χ4v) is 1.98. The number of nitrogens with zero attached hydrogens (tertiary/aromatic N) is 2. The summed E-state index contributed by atoms with van der Waals surface area (Å²) in [7, 11) is 0. The molecule has 1 aromatic heterocycles. The van der Waals surface area contributed by atoms with Crippen molar-refractivity contribution in [3.05, 3.63) is 52.8 Å². The lowest BCUT2D eigenvalue weighted by atomic mass is 10.2. The van der Waals surface area contributed by atoms with E-state index in [-0.39, 0.29) is 10.8 Å². The molecule has 0 spiro atoms. The van der Waals surface area contributed by atoms with Gasteiger partial charge in [0.1, 0.15) is 5.82 Å². The first-order valence-corrected chi connectivity index (χ1v) is 6.72. The van der Waals surface area contributed by atoms with Gasteiger partial charge in [-0.25, -0.2) is 9.37 Å². The number of rotatable bonds is 6. The first-order valence-electron chi connectivity index (χ1n) is 6.34. The highest BCUT2D eigenvalue weighted by Gasteiger charge is 2.03. The summed E-state index contributed by atoms with van der Waals surface area (Å²) in [6.07, 6.45) is 4.66. The van der Waals surface area contributed by atoms with E-state index in [2.05, 4.69) is 17.2 Å². The van der Waals surface area contributed by atoms with E-state index >= 15 is 0 Å². The Morgan fingerprint density at radius 2 is 2.26 bits per heavy atom. The van der Waals surface area contributed by atoms with Crippen molar-refractivity contribution in [2.75, 3.05) is 13.1 Å². The maximum absolute atomic E-state index is 13.3. The number of nitrogens with one attached hydrogen (secondary N) is 1. The van der Waals surface area contributed by atoms with E-state index in [4.69, 9.17) is 11.6 Å². The van der Waals surface area contributed by atoms with Gasteiger partial charge in [-0.05, 0) is 24.2 Å². The fraction of sp³-hybridized carbons (Fsp3) is 0.357. The van der Waals surface area contributed by atoms with Crippen LogP contribution in [0.25, 0.3) is 0 Å². The van der Waals surface area contributed by atoms with Crippen LogP contribution < -0.4 is 5.32 Å². The van der Waals surface area contributed by atoms with Gasteiger partial charge < -0.3 is 9.88 Å². The van der Waals surface area contributed by atoms with Gasteiger partial charge in [-0.3, -0.25) is 0 Å². The van der Waals surface area contributed by atoms with Crippen LogP contribution in [0, 0.1) is 5.82 Å². The fourth-order valence-electron chi connectivity index (χ4n) is 1.86. The van der Waals surface area contributed by atoms with Crippen LogP contribution in [-0.4, -0.2) is 22.6 Å². The van der Waals surface area contributed by atoms with Crippen molar-refractivity contribution in [1.82, 2.24) is 14.9 Å². The minimum absolute atomic E-state index is 0.153. The van der Waals surface area contributed by atoms with E-state index in [1.54, 1.807) is 12.4 Å². The van der Waals surface area contributed by atoms with Gasteiger partial charge >= 0.3 is 0 Å². The maximum atomic E-state index is 13.3. The summed E-state index contributed by atoms with van der Waals surface area (Å²) in [5, 5.41) is 3.41. The van der Waals surface area contributed by atoms with Crippen LogP contribution in [0.3, 0.4) is 0 Å². The number of halogens is 2. The number of likely N-dealkylation sites (N-methyl/N-ethyl adjacent to an activating group) is 1. The van der Waals surface area contributed by atoms with Crippen LogP contribution in [-0.2, 0) is 13.0 Å². The van der Waals surface area contributed by atoms with Crippen molar-refractivity contribution < 1.29 is 4.39 Å². The van der Waals surface area contributed by atoms with Gasteiger partial charge in [-0.1, -0.05) is 24.6 Å². The molecule has 19 heavy (non-hydrogen) atoms. The Morgan fingerprint density at radius 3 is 3.00 bits per heavy atom. The van der Waals surface area contributed by atoms with Gasteiger partial charge in [-0.15, -0.1) is 0 Å². The Labute approximate surface area is 117 Å². The lowest BCUT2D eigenvalue weighted by molar-refractivity contribution is 0.624. The van der Waals surface area contributed by atoms with Crippen molar-refractivity contribution >= 4 is 11.6 Å². The van der Waals surface area contributed by atoms with Crippen LogP contribution in [0.4, 0.5) is 4.39 Å². The van der Waals surface area contributed by atoms with Crippen molar-refractivity contribution in [1.29, 1.82) is 0 Å². The maximum Gasteiger partial charge on any atom is 0.142 e. The first kappa shape index (κ1) is 14.0. The molecule has 102 valence electrons. The highest BCUT2D eigenvalue weighted by atomic mass is 35.5. The summed E-state index contributed by atoms with van der Waals surface area (Å²) in [5.41, 5.74) is 1.91. The molecule has 1 aromatic carbocycles. The van der Waals surface area contributed by atoms with Gasteiger partial charge in [0.05, 0.1) is 17.0 Å². The summed E-state index contributed by atoms with van der Waals surface area (Å²) in [6, 6.07) is 4.86. The van der Waals surface area contributed by atoms with Gasteiger partial charge in [0.2, 0.25) is 0 Å². The molecule has 5 heteroatoms. The minimum atomic E-state index is -0.383. The van der Waals surface area contributed by atoms with Crippen LogP contribution in [0.15, 0.2) is 30.7 Å². The van der Waals surface area contributed by atoms with E-state index in [0.717, 1.165) is 30.8 Å². The monoisotopic (exact) mass is 281 g/mol. The highest BCUT2D eigenvalue weighted by molar-refractivity contribution is 6.30. The van der Waals surface area contributed by atoms with Gasteiger partial charge in [0.15, 0.2) is 0 Å². The number of imidazole rings is 1. The standard InChI is InChI=1S/C14H17ClFN3/c1-2-17-6-5-12-9-19(10-18-12)8-11-3-4-13(15)14(16)7-11/h3-4,7,9-10,17H,2,5-6,8H2,1H3. The summed E-state index contributed by atoms with van der Waals surface area (Å²) >= 11 is 5.66. The molecule has 0 atom stereocenters. The zero-order chi connectivity index (χ0) is 13.7. The van der Waals surface area contributed by atoms with E-state index in [1.165, 1.54) is 6.07 Å². The van der Waals surface area contributed by atoms with E-state index in [0.29, 0.717) is 6.54 Å². The molecule has 1 N–H and O–H groups in total. The summed E-state index contributed by atoms with van der Waals surface area (Å²) in [6.45, 7) is 4.56. The van der Waals surface area contributed by atoms with Crippen LogP contribution >= 0.6 is 11.6 Å². The molecule has 0 aliphatic carbocycles. The molecule has 1 heterocycles. The topological polar surface area (TPSA) is 29.9 Å². The van der Waals surface area contributed by atoms with Crippen LogP contribution in [0.5, 0.6) is 0 Å². The van der Waals surface area contributed by atoms with E-state index in [9.17, 15) is 4.39 Å². The van der Waals surface area contributed by atoms with Crippen molar-refractivity contribution in [3.8, 4) is 0 Å². The van der Waals surface area contributed by atoms with Crippen LogP contribution in [0.1, 0.15) is 18.2 Å². The second kappa shape index (κ2) is 6.68. The largest absolute Gasteiger partial charge is 0.333 e. The molecule has 0 bridgehead atoms. The molecule has 0 fully saturated rings. The van der Waals surface area contributed by atoms with Crippen molar-refractivity contribution in [3.63, 3.8) is 0 Å². The third-order valence-corrected chi connectivity index (χ3v) is 3.15. The van der Waals surface area contributed by atoms with Crippen molar-refractivity contribution in [2.24, 2.45) is 0 Å². The quantitative estimate of drug-likeness (QED) is 0.825. The lowest BCUT2D eigenvalue weighted by Crippen LogP contribution is -2.16. The normalized spacial score (nSPS) is 10.9. The SMILES string of the molecule is CCNCCc1cn(Cc2ccc(Cl)c(F)c2)cn1. The number of hydrogen-bond donors (Lipinski definition) is 1. The molecule has 2 aromatic rings. The predicted molar refractivity (Wildman–Crippen MR) is 75.0 cm³/mol. The Kier molecular flexibility index (Phi) is 4.93. The molecule has 0 amide bonds. The minimum Gasteiger partial charge on any atom is -0.333 e. The second-order valence-electron chi connectivity index (χ2n) is 4.39. The average Bonchev–Trinajstić information content (AvgIpc) is 2.82. The summed E-state index contributed by atoms with van der Waals surface area (Å²) in [5.74, 6) is -0.383. The summed E-state index contributed by atoms with van der Waals surface area (Å²) < 4.78 is 15.3. The van der Waals surface area contributed by atoms with E-state index < -0.39 is 0 Å². The van der Waals surface area contributed by atoms with Gasteiger partial charge in [0.25, 0.3) is 0 Å². The van der Waals surface area contributed by atoms with Gasteiger partial charge in [-0.2, -0.15) is 0 Å². The number of hydrogen-bond acceptors (Lipinski definition) is 2. The van der Waals surface area contributed by atoms with Crippen molar-refractivity contribution in [2.45, 2.75) is 19.9 Å². The molecular weight excluding hydrogens is 265 g/mol. The zero-order valence-corrected chi connectivity index (χ0v) is 11.6. The molecule has 0 saturated carbocycles. The zero-order valence-electron chi connectivity index (χ0n) is 10.9. The van der Waals surface area contributed by atoms with Gasteiger partial charge in [0, 0.05) is 25.7 Å². The Hall–Kier alpha value is -1.39. The first-order chi connectivity index (χ1) is 9.19. The highest BCUT2D eigenvalue weighted by Crippen LogP contribution is 2.16. The smallest absolute Gasteiger partial charge is 0.142 e. The molecular formula is C14H17ClFN3. The molecule has 3 nitrogen and oxygen atoms in total. The average molecular weight is 282 g/mol. The third kappa shape index (κ3) is 4.04. The Bertz CT molecular complexity index is 539. The third-order valence-electron chi connectivity index (χ3n) is 2.84. The Morgan fingerprint density at radius 1 is 1.42 bits per heavy atom. The molecule has 0 aliphatic rings. The molecule has 2 rings (SSSR count). The molecule has 0 saturated heterocycles. The molecule has 0 unspecified atom stereocenters. The Balaban J connectivity index is 1.97. The molecule has 0 radical (unpaired) electrons. The molecule has 0 aliphatic heterocycles. The number of aromatic nitrogens is 2. The second-order valence-corrected chi connectivity index (χ2v) is 4.80. The lowest BCUT2D eigenvalue weighted by Gasteiger charge is -2.03. The number of benzene rings is 1. The predicted octanol–water partition coefficient (Wildman–Crippen LogP) is 2.88. The summed E-state index contributed by atoms with van der Waals surface area (Å²) in [4.78, 5) is 4.33. The van der Waals surface area contributed by atoms with Crippen LogP contribution in [0.2, 0.25) is 5.02 Å². The van der Waals surface area contributed by atoms with E-state index in [1.807, 2.05) is 16.8 Å².